The Balaban J connectivity index is 1.65. The molecule has 0 radical (unpaired) electrons. The van der Waals surface area contributed by atoms with E-state index in [1.807, 2.05) is 47.7 Å². The van der Waals surface area contributed by atoms with E-state index in [1.165, 1.54) is 11.8 Å². The summed E-state index contributed by atoms with van der Waals surface area (Å²) in [7, 11) is 1.58. The van der Waals surface area contributed by atoms with E-state index in [-0.39, 0.29) is 18.6 Å². The summed E-state index contributed by atoms with van der Waals surface area (Å²) >= 11 is 13.6. The van der Waals surface area contributed by atoms with E-state index in [0.717, 1.165) is 16.3 Å². The number of thioether (sulfide) groups is 1. The van der Waals surface area contributed by atoms with Gasteiger partial charge in [0, 0.05) is 6.20 Å². The number of amidine groups is 1. The fourth-order valence-electron chi connectivity index (χ4n) is 3.66. The highest BCUT2D eigenvalue weighted by molar-refractivity contribution is 8.16. The molecule has 9 heteroatoms. The monoisotopic (exact) mass is 504 g/mol. The summed E-state index contributed by atoms with van der Waals surface area (Å²) in [5.74, 6) is 0.738. The summed E-state index contributed by atoms with van der Waals surface area (Å²) in [5.41, 5.74) is 2.88. The maximum Gasteiger partial charge on any atom is 0.338 e. The number of benzene rings is 2. The fourth-order valence-corrected chi connectivity index (χ4v) is 4.77. The quantitative estimate of drug-likeness (QED) is 0.409. The Morgan fingerprint density at radius 1 is 1.15 bits per heavy atom. The second-order valence-electron chi connectivity index (χ2n) is 7.27. The maximum absolute atomic E-state index is 12.8. The van der Waals surface area contributed by atoms with Crippen LogP contribution < -0.4 is 9.47 Å². The van der Waals surface area contributed by atoms with Crippen LogP contribution >= 0.6 is 35.0 Å². The number of carbonyl (C=O) groups is 1. The van der Waals surface area contributed by atoms with Crippen LogP contribution in [0.1, 0.15) is 31.0 Å². The van der Waals surface area contributed by atoms with Crippen molar-refractivity contribution >= 4 is 46.1 Å². The first-order chi connectivity index (χ1) is 15.9. The molecule has 0 saturated heterocycles. The van der Waals surface area contributed by atoms with Gasteiger partial charge < -0.3 is 19.1 Å². The number of methoxy groups -OCH3 is 1. The van der Waals surface area contributed by atoms with Crippen LogP contribution in [0.2, 0.25) is 10.0 Å². The van der Waals surface area contributed by atoms with Crippen molar-refractivity contribution in [1.29, 1.82) is 0 Å². The predicted molar refractivity (Wildman–Crippen MR) is 132 cm³/mol. The molecule has 33 heavy (non-hydrogen) atoms. The first-order valence-electron chi connectivity index (χ1n) is 10.3. The molecule has 4 rings (SSSR count). The number of fused-ring (bicyclic) bond motifs is 1. The van der Waals surface area contributed by atoms with Gasteiger partial charge in [-0.25, -0.2) is 9.79 Å². The second-order valence-corrected chi connectivity index (χ2v) is 8.96. The lowest BCUT2D eigenvalue weighted by atomic mass is 9.94. The van der Waals surface area contributed by atoms with E-state index in [4.69, 9.17) is 37.4 Å². The molecular weight excluding hydrogens is 483 g/mol. The summed E-state index contributed by atoms with van der Waals surface area (Å²) in [6.07, 6.45) is 1.92. The van der Waals surface area contributed by atoms with E-state index in [9.17, 15) is 4.79 Å². The third kappa shape index (κ3) is 4.86. The Bertz CT molecular complexity index is 1180. The fraction of sp³-hybridized carbons (Fsp3) is 0.250. The smallest absolute Gasteiger partial charge is 0.338 e. The molecule has 1 atom stereocenters. The number of esters is 1. The number of rotatable bonds is 7. The van der Waals surface area contributed by atoms with Crippen LogP contribution in [0.3, 0.4) is 0 Å². The van der Waals surface area contributed by atoms with Gasteiger partial charge in [-0.2, -0.15) is 0 Å². The van der Waals surface area contributed by atoms with Crippen molar-refractivity contribution in [2.75, 3.05) is 13.7 Å². The lowest BCUT2D eigenvalue weighted by Crippen LogP contribution is -2.34. The normalized spacial score (nSPS) is 17.1. The number of aliphatic imine (C=N–C) groups is 1. The maximum atomic E-state index is 12.8. The SMILES string of the molecule is CCOC(=O)C1=C(C)N=C2SC=CN2[C@@H]1c1ccc(OCc2ccc(Cl)c(Cl)c2)c(OC)c1. The van der Waals surface area contributed by atoms with Gasteiger partial charge in [0.15, 0.2) is 16.7 Å². The van der Waals surface area contributed by atoms with Crippen molar-refractivity contribution < 1.29 is 19.0 Å². The molecule has 172 valence electrons. The Kier molecular flexibility index (Phi) is 7.22. The molecule has 0 aliphatic carbocycles. The zero-order valence-electron chi connectivity index (χ0n) is 18.3. The largest absolute Gasteiger partial charge is 0.493 e. The molecule has 2 aliphatic rings. The highest BCUT2D eigenvalue weighted by atomic mass is 35.5. The highest BCUT2D eigenvalue weighted by Gasteiger charge is 2.37. The molecule has 0 N–H and O–H groups in total. The lowest BCUT2D eigenvalue weighted by molar-refractivity contribution is -0.139. The van der Waals surface area contributed by atoms with E-state index < -0.39 is 0 Å². The third-order valence-corrected chi connectivity index (χ3v) is 6.71. The second kappa shape index (κ2) is 10.1. The van der Waals surface area contributed by atoms with Crippen molar-refractivity contribution in [1.82, 2.24) is 4.90 Å². The van der Waals surface area contributed by atoms with Gasteiger partial charge in [-0.05, 0) is 54.6 Å². The number of nitrogens with zero attached hydrogens (tertiary/aromatic N) is 2. The molecule has 0 bridgehead atoms. The molecule has 6 nitrogen and oxygen atoms in total. The van der Waals surface area contributed by atoms with Crippen LogP contribution in [-0.2, 0) is 16.1 Å². The standard InChI is InChI=1S/C24H22Cl2N2O4S/c1-4-31-23(29)21-14(2)27-24-28(9-10-33-24)22(21)16-6-8-19(20(12-16)30-3)32-13-15-5-7-17(25)18(26)11-15/h5-12,22H,4,13H2,1-3H3/t22-/m1/s1. The van der Waals surface area contributed by atoms with Crippen LogP contribution in [0.25, 0.3) is 0 Å². The number of halogens is 2. The molecule has 2 aromatic rings. The Labute approximate surface area is 206 Å². The number of carbonyl (C=O) groups excluding carboxylic acids is 1. The number of hydrogen-bond donors (Lipinski definition) is 0. The van der Waals surface area contributed by atoms with Crippen molar-refractivity contribution in [3.63, 3.8) is 0 Å². The van der Waals surface area contributed by atoms with Gasteiger partial charge in [-0.15, -0.1) is 0 Å². The van der Waals surface area contributed by atoms with Gasteiger partial charge >= 0.3 is 5.97 Å². The predicted octanol–water partition coefficient (Wildman–Crippen LogP) is 6.35. The van der Waals surface area contributed by atoms with E-state index in [1.54, 1.807) is 26.2 Å². The molecule has 0 unspecified atom stereocenters. The van der Waals surface area contributed by atoms with E-state index in [2.05, 4.69) is 4.99 Å². The van der Waals surface area contributed by atoms with Crippen LogP contribution in [0.4, 0.5) is 0 Å². The van der Waals surface area contributed by atoms with Crippen LogP contribution in [0, 0.1) is 0 Å². The van der Waals surface area contributed by atoms with Crippen molar-refractivity contribution in [3.05, 3.63) is 80.4 Å². The lowest BCUT2D eigenvalue weighted by Gasteiger charge is -2.33. The van der Waals surface area contributed by atoms with Crippen LogP contribution in [0.15, 0.2) is 64.3 Å². The van der Waals surface area contributed by atoms with Gasteiger partial charge in [0.05, 0.1) is 41.1 Å². The molecule has 0 aromatic heterocycles. The minimum Gasteiger partial charge on any atom is -0.493 e. The van der Waals surface area contributed by atoms with Gasteiger partial charge in [-0.3, -0.25) is 0 Å². The molecule has 2 aliphatic heterocycles. The van der Waals surface area contributed by atoms with Gasteiger partial charge in [0.25, 0.3) is 0 Å². The molecular formula is C24H22Cl2N2O4S. The molecule has 0 spiro atoms. The molecule has 0 amide bonds. The molecule has 2 heterocycles. The molecule has 0 fully saturated rings. The topological polar surface area (TPSA) is 60.4 Å². The first kappa shape index (κ1) is 23.5. The van der Waals surface area contributed by atoms with Gasteiger partial charge in [0.1, 0.15) is 6.61 Å². The average Bonchev–Trinajstić information content (AvgIpc) is 3.27. The summed E-state index contributed by atoms with van der Waals surface area (Å²) in [4.78, 5) is 19.4. The number of hydrogen-bond acceptors (Lipinski definition) is 7. The Morgan fingerprint density at radius 2 is 1.97 bits per heavy atom. The number of allylic oxidation sites excluding steroid dienone is 1. The van der Waals surface area contributed by atoms with Crippen LogP contribution in [0.5, 0.6) is 11.5 Å². The van der Waals surface area contributed by atoms with Crippen molar-refractivity contribution in [2.45, 2.75) is 26.5 Å². The van der Waals surface area contributed by atoms with Gasteiger partial charge in [0.2, 0.25) is 0 Å². The Morgan fingerprint density at radius 3 is 2.70 bits per heavy atom. The van der Waals surface area contributed by atoms with Gasteiger partial charge in [-0.1, -0.05) is 47.1 Å². The zero-order chi connectivity index (χ0) is 23.5. The average molecular weight is 505 g/mol. The van der Waals surface area contributed by atoms with Crippen molar-refractivity contribution in [3.8, 4) is 11.5 Å². The third-order valence-electron chi connectivity index (χ3n) is 5.20. The van der Waals surface area contributed by atoms with E-state index >= 15 is 0 Å². The van der Waals surface area contributed by atoms with Crippen molar-refractivity contribution in [2.24, 2.45) is 4.99 Å². The van der Waals surface area contributed by atoms with Crippen LogP contribution in [-0.4, -0.2) is 29.8 Å². The highest BCUT2D eigenvalue weighted by Crippen LogP contribution is 2.43. The molecule has 2 aromatic carbocycles. The van der Waals surface area contributed by atoms with E-state index in [0.29, 0.717) is 39.4 Å². The summed E-state index contributed by atoms with van der Waals surface area (Å²) in [6, 6.07) is 10.6. The summed E-state index contributed by atoms with van der Waals surface area (Å²) in [5, 5.41) is 3.72. The minimum absolute atomic E-state index is 0.286. The minimum atomic E-state index is -0.388. The zero-order valence-corrected chi connectivity index (χ0v) is 20.6. The summed E-state index contributed by atoms with van der Waals surface area (Å²) < 4.78 is 16.9. The number of ether oxygens (including phenoxy) is 3. The molecule has 0 saturated carbocycles. The summed E-state index contributed by atoms with van der Waals surface area (Å²) in [6.45, 7) is 4.20. The first-order valence-corrected chi connectivity index (χ1v) is 11.9. The Hall–Kier alpha value is -2.61.